The van der Waals surface area contributed by atoms with Gasteiger partial charge in [0.25, 0.3) is 6.29 Å². The van der Waals surface area contributed by atoms with Gasteiger partial charge in [0.2, 0.25) is 0 Å². The molecule has 0 fully saturated rings. The number of allylic oxidation sites excluding steroid dienone is 1. The molecule has 0 amide bonds. The zero-order valence-electron chi connectivity index (χ0n) is 18.3. The largest absolute Gasteiger partial charge is 0.490 e. The van der Waals surface area contributed by atoms with Crippen LogP contribution in [0.3, 0.4) is 0 Å². The normalized spacial score (nSPS) is 17.7. The van der Waals surface area contributed by atoms with Crippen LogP contribution in [0.4, 0.5) is 13.2 Å². The Bertz CT molecular complexity index is 1370. The van der Waals surface area contributed by atoms with Gasteiger partial charge < -0.3 is 25.1 Å². The topological polar surface area (TPSA) is 125 Å². The molecule has 0 aromatic heterocycles. The number of fused-ring (bicyclic) bond motifs is 1. The van der Waals surface area contributed by atoms with Crippen LogP contribution < -0.4 is 19.9 Å². The molecule has 0 saturated heterocycles. The minimum atomic E-state index is -5.08. The first-order chi connectivity index (χ1) is 17.1. The number of alkyl halides is 3. The summed E-state index contributed by atoms with van der Waals surface area (Å²) < 4.78 is 49.4. The Balaban J connectivity index is 0.000000384. The fourth-order valence-electron chi connectivity index (χ4n) is 3.82. The smallest absolute Gasteiger partial charge is 0.475 e. The van der Waals surface area contributed by atoms with E-state index in [0.29, 0.717) is 28.2 Å². The maximum atomic E-state index is 12.2. The molecule has 36 heavy (non-hydrogen) atoms. The van der Waals surface area contributed by atoms with Gasteiger partial charge in [-0.3, -0.25) is 9.59 Å². The number of ketones is 1. The lowest BCUT2D eigenvalue weighted by Gasteiger charge is -2.33. The molecule has 3 aromatic carbocycles. The Morgan fingerprint density at radius 2 is 1.67 bits per heavy atom. The molecule has 2 atom stereocenters. The Hall–Kier alpha value is -4.38. The highest BCUT2D eigenvalue weighted by atomic mass is 19.4. The van der Waals surface area contributed by atoms with Crippen molar-refractivity contribution in [1.29, 1.82) is 0 Å². The maximum Gasteiger partial charge on any atom is 0.490 e. The van der Waals surface area contributed by atoms with Crippen LogP contribution in [0.1, 0.15) is 21.8 Å². The van der Waals surface area contributed by atoms with Gasteiger partial charge in [0.1, 0.15) is 17.2 Å². The number of nitrogens with two attached hydrogens (primary N) is 1. The summed E-state index contributed by atoms with van der Waals surface area (Å²) in [4.78, 5) is 32.7. The number of aliphatic carboxylic acids is 1. The van der Waals surface area contributed by atoms with Gasteiger partial charge in [-0.2, -0.15) is 13.2 Å². The first kappa shape index (κ1) is 24.7. The van der Waals surface area contributed by atoms with Crippen molar-refractivity contribution in [2.75, 3.05) is 6.54 Å². The minimum Gasteiger partial charge on any atom is -0.475 e. The summed E-state index contributed by atoms with van der Waals surface area (Å²) in [7, 11) is 0. The number of ether oxygens (including phenoxy) is 3. The lowest BCUT2D eigenvalue weighted by Crippen LogP contribution is -2.34. The zero-order valence-corrected chi connectivity index (χ0v) is 18.3. The molecule has 0 spiro atoms. The average molecular weight is 501 g/mol. The number of carbonyl (C=O) groups is 3. The lowest BCUT2D eigenvalue weighted by atomic mass is 9.86. The molecule has 3 N–H and O–H groups in total. The van der Waals surface area contributed by atoms with Crippen molar-refractivity contribution >= 4 is 28.5 Å². The first-order valence-electron chi connectivity index (χ1n) is 10.5. The number of hydrogen-bond donors (Lipinski definition) is 2. The molecule has 0 bridgehead atoms. The van der Waals surface area contributed by atoms with E-state index >= 15 is 0 Å². The summed E-state index contributed by atoms with van der Waals surface area (Å²) in [6, 6.07) is 16.4. The van der Waals surface area contributed by atoms with Crippen LogP contribution in [0.15, 0.2) is 66.7 Å². The molecule has 186 valence electrons. The molecule has 0 radical (unpaired) electrons. The number of benzene rings is 3. The molecular formula is C25H18F3NO7. The number of esters is 1. The highest BCUT2D eigenvalue weighted by molar-refractivity contribution is 6.07. The molecule has 0 saturated carbocycles. The van der Waals surface area contributed by atoms with Gasteiger partial charge in [-0.05, 0) is 29.8 Å². The molecule has 5 rings (SSSR count). The third kappa shape index (κ3) is 4.86. The summed E-state index contributed by atoms with van der Waals surface area (Å²) >= 11 is 0. The van der Waals surface area contributed by atoms with Crippen molar-refractivity contribution in [2.45, 2.75) is 18.4 Å². The van der Waals surface area contributed by atoms with Crippen LogP contribution in [0.5, 0.6) is 17.2 Å². The van der Waals surface area contributed by atoms with Crippen LogP contribution in [0.2, 0.25) is 0 Å². The van der Waals surface area contributed by atoms with Gasteiger partial charge in [0.05, 0.1) is 17.8 Å². The number of halogens is 3. The van der Waals surface area contributed by atoms with Crippen molar-refractivity contribution in [2.24, 2.45) is 5.73 Å². The first-order valence-corrected chi connectivity index (χ1v) is 10.5. The summed E-state index contributed by atoms with van der Waals surface area (Å²) in [5, 5.41) is 8.56. The van der Waals surface area contributed by atoms with E-state index in [0.717, 1.165) is 10.9 Å². The number of rotatable bonds is 3. The van der Waals surface area contributed by atoms with E-state index in [4.69, 9.17) is 29.8 Å². The van der Waals surface area contributed by atoms with E-state index in [1.807, 2.05) is 48.5 Å². The Morgan fingerprint density at radius 1 is 1.00 bits per heavy atom. The van der Waals surface area contributed by atoms with E-state index in [1.165, 1.54) is 0 Å². The van der Waals surface area contributed by atoms with Gasteiger partial charge in [-0.25, -0.2) is 4.79 Å². The summed E-state index contributed by atoms with van der Waals surface area (Å²) in [6.07, 6.45) is -2.33. The minimum absolute atomic E-state index is 0.0264. The third-order valence-electron chi connectivity index (χ3n) is 5.38. The van der Waals surface area contributed by atoms with Crippen LogP contribution in [0.25, 0.3) is 10.8 Å². The fraction of sp³-hybridized carbons (Fsp3) is 0.160. The van der Waals surface area contributed by atoms with Crippen molar-refractivity contribution in [3.8, 4) is 17.2 Å². The van der Waals surface area contributed by atoms with E-state index in [1.54, 1.807) is 18.2 Å². The fourth-order valence-corrected chi connectivity index (χ4v) is 3.82. The SMILES string of the molecule is NCC(=O)Oc1ccc2c3c(cccc13)OC(C1C=CC(=O)c3ccccc31)O2.O=C(O)C(F)(F)F. The van der Waals surface area contributed by atoms with Gasteiger partial charge in [0, 0.05) is 10.9 Å². The highest BCUT2D eigenvalue weighted by Crippen LogP contribution is 2.45. The van der Waals surface area contributed by atoms with Crippen LogP contribution in [0, 0.1) is 0 Å². The lowest BCUT2D eigenvalue weighted by molar-refractivity contribution is -0.192. The molecule has 3 aromatic rings. The van der Waals surface area contributed by atoms with E-state index in [-0.39, 0.29) is 18.2 Å². The molecule has 1 aliphatic carbocycles. The van der Waals surface area contributed by atoms with E-state index in [9.17, 15) is 22.8 Å². The van der Waals surface area contributed by atoms with Gasteiger partial charge >= 0.3 is 18.1 Å². The molecule has 1 heterocycles. The number of hydrogen-bond acceptors (Lipinski definition) is 7. The van der Waals surface area contributed by atoms with E-state index < -0.39 is 24.4 Å². The monoisotopic (exact) mass is 501 g/mol. The summed E-state index contributed by atoms with van der Waals surface area (Å²) in [5.41, 5.74) is 6.88. The average Bonchev–Trinajstić information content (AvgIpc) is 2.85. The zero-order chi connectivity index (χ0) is 26.0. The molecule has 1 aliphatic heterocycles. The second kappa shape index (κ2) is 9.70. The van der Waals surface area contributed by atoms with Crippen molar-refractivity contribution in [3.63, 3.8) is 0 Å². The quantitative estimate of drug-likeness (QED) is 0.408. The molecule has 8 nitrogen and oxygen atoms in total. The van der Waals surface area contributed by atoms with Crippen molar-refractivity contribution in [1.82, 2.24) is 0 Å². The molecule has 11 heteroatoms. The van der Waals surface area contributed by atoms with Crippen LogP contribution in [-0.2, 0) is 9.59 Å². The predicted octanol–water partition coefficient (Wildman–Crippen LogP) is 3.97. The summed E-state index contributed by atoms with van der Waals surface area (Å²) in [6.45, 7) is -0.204. The molecule has 2 unspecified atom stereocenters. The number of carboxylic acid groups (broad SMARTS) is 1. The predicted molar refractivity (Wildman–Crippen MR) is 120 cm³/mol. The third-order valence-corrected chi connectivity index (χ3v) is 5.38. The van der Waals surface area contributed by atoms with Crippen LogP contribution in [-0.4, -0.2) is 41.8 Å². The van der Waals surface area contributed by atoms with Crippen LogP contribution >= 0.6 is 0 Å². The molecule has 2 aliphatic rings. The second-order valence-electron chi connectivity index (χ2n) is 7.66. The van der Waals surface area contributed by atoms with E-state index in [2.05, 4.69) is 0 Å². The number of carboxylic acids is 1. The Labute approximate surface area is 201 Å². The number of carbonyl (C=O) groups excluding carboxylic acids is 2. The molecular weight excluding hydrogens is 483 g/mol. The second-order valence-corrected chi connectivity index (χ2v) is 7.66. The highest BCUT2D eigenvalue weighted by Gasteiger charge is 2.38. The Kier molecular flexibility index (Phi) is 6.67. The van der Waals surface area contributed by atoms with Gasteiger partial charge in [-0.1, -0.05) is 42.5 Å². The van der Waals surface area contributed by atoms with Gasteiger partial charge in [0.15, 0.2) is 5.78 Å². The van der Waals surface area contributed by atoms with Gasteiger partial charge in [-0.15, -0.1) is 0 Å². The Morgan fingerprint density at radius 3 is 2.33 bits per heavy atom. The van der Waals surface area contributed by atoms with Crippen molar-refractivity contribution < 1.29 is 46.9 Å². The standard InChI is InChI=1S/C23H17NO5.C2HF3O2/c24-12-21(26)27-18-10-11-20-22-16(18)6-3-7-19(22)28-23(29-20)15-8-9-17(25)14-5-2-1-4-13(14)15;3-2(4,5)1(6)7/h1-11,15,23H,12,24H2;(H,6,7). The summed E-state index contributed by atoms with van der Waals surface area (Å²) in [5.74, 6) is -1.88. The maximum absolute atomic E-state index is 12.2. The van der Waals surface area contributed by atoms with Crippen molar-refractivity contribution in [3.05, 3.63) is 77.9 Å².